The van der Waals surface area contributed by atoms with Gasteiger partial charge in [0.15, 0.2) is 0 Å². The van der Waals surface area contributed by atoms with Crippen molar-refractivity contribution in [2.45, 2.75) is 71.6 Å². The van der Waals surface area contributed by atoms with Gasteiger partial charge in [-0.15, -0.1) is 0 Å². The zero-order valence-corrected chi connectivity index (χ0v) is 35.3. The van der Waals surface area contributed by atoms with E-state index in [2.05, 4.69) is 201 Å². The van der Waals surface area contributed by atoms with Crippen molar-refractivity contribution in [3.05, 3.63) is 186 Å². The molecule has 0 unspecified atom stereocenters. The Morgan fingerprint density at radius 2 is 1.22 bits per heavy atom. The molecule has 11 rings (SSSR count). The van der Waals surface area contributed by atoms with Gasteiger partial charge in [-0.25, -0.2) is 0 Å². The molecule has 0 bridgehead atoms. The lowest BCUT2D eigenvalue weighted by molar-refractivity contribution is 0.661. The van der Waals surface area contributed by atoms with Crippen LogP contribution in [-0.2, 0) is 18.3 Å². The Hall–Kier alpha value is -6.32. The van der Waals surface area contributed by atoms with Crippen LogP contribution in [0.15, 0.2) is 164 Å². The number of hydrogen-bond acceptors (Lipinski definition) is 2. The zero-order chi connectivity index (χ0) is 40.5. The maximum Gasteiger partial charge on any atom is 0.333 e. The van der Waals surface area contributed by atoms with Crippen LogP contribution >= 0.6 is 0 Å². The van der Waals surface area contributed by atoms with Crippen LogP contribution in [0.25, 0.3) is 44.2 Å². The SMILES string of the molecule is CCCCc1ccc(N2B3c4ccc5c(c4N(c4ccc(CCCC)cc4-c4ccccc4)c4cc6ccccc6c(c43)-c3ccccc32)C(C)(C)c2ccccc2-5)cc1. The van der Waals surface area contributed by atoms with E-state index < -0.39 is 0 Å². The van der Waals surface area contributed by atoms with Gasteiger partial charge >= 0.3 is 6.85 Å². The number of unbranched alkanes of at least 4 members (excludes halogenated alkanes) is 2. The summed E-state index contributed by atoms with van der Waals surface area (Å²) < 4.78 is 0. The fourth-order valence-corrected chi connectivity index (χ4v) is 10.9. The Bertz CT molecular complexity index is 2940. The van der Waals surface area contributed by atoms with E-state index in [1.807, 2.05) is 0 Å². The molecule has 2 nitrogen and oxygen atoms in total. The maximum atomic E-state index is 2.70. The van der Waals surface area contributed by atoms with Crippen molar-refractivity contribution in [3.8, 4) is 33.4 Å². The van der Waals surface area contributed by atoms with Gasteiger partial charge in [-0.3, -0.25) is 0 Å². The first-order valence-electron chi connectivity index (χ1n) is 22.3. The Morgan fingerprint density at radius 1 is 0.533 bits per heavy atom. The molecule has 3 heteroatoms. The second-order valence-corrected chi connectivity index (χ2v) is 17.7. The molecule has 0 saturated heterocycles. The number of anilines is 5. The van der Waals surface area contributed by atoms with Gasteiger partial charge in [0.25, 0.3) is 0 Å². The molecule has 2 heterocycles. The molecule has 0 atom stereocenters. The van der Waals surface area contributed by atoms with Gasteiger partial charge < -0.3 is 9.71 Å². The number of nitrogens with zero attached hydrogens (tertiary/aromatic N) is 2. The van der Waals surface area contributed by atoms with Gasteiger partial charge in [0.2, 0.25) is 0 Å². The monoisotopic (exact) mass is 774 g/mol. The largest absolute Gasteiger partial charge is 0.376 e. The topological polar surface area (TPSA) is 6.48 Å². The average molecular weight is 775 g/mol. The summed E-state index contributed by atoms with van der Waals surface area (Å²) in [7, 11) is 0. The molecule has 8 aromatic carbocycles. The molecule has 0 radical (unpaired) electrons. The minimum Gasteiger partial charge on any atom is -0.376 e. The predicted molar refractivity (Wildman–Crippen MR) is 258 cm³/mol. The second kappa shape index (κ2) is 14.5. The van der Waals surface area contributed by atoms with Crippen LogP contribution in [0.3, 0.4) is 0 Å². The number of hydrogen-bond donors (Lipinski definition) is 0. The molecule has 0 spiro atoms. The number of fused-ring (bicyclic) bond motifs is 10. The second-order valence-electron chi connectivity index (χ2n) is 17.7. The van der Waals surface area contributed by atoms with Gasteiger partial charge in [-0.05, 0) is 128 Å². The normalized spacial score (nSPS) is 14.1. The smallest absolute Gasteiger partial charge is 0.333 e. The first-order chi connectivity index (χ1) is 29.5. The molecule has 60 heavy (non-hydrogen) atoms. The highest BCUT2D eigenvalue weighted by atomic mass is 15.2. The Balaban J connectivity index is 1.28. The van der Waals surface area contributed by atoms with Gasteiger partial charge in [-0.2, -0.15) is 0 Å². The van der Waals surface area contributed by atoms with Crippen molar-refractivity contribution >= 4 is 57.0 Å². The van der Waals surface area contributed by atoms with E-state index in [4.69, 9.17) is 0 Å². The van der Waals surface area contributed by atoms with E-state index >= 15 is 0 Å². The lowest BCUT2D eigenvalue weighted by Gasteiger charge is -2.47. The number of benzene rings is 8. The van der Waals surface area contributed by atoms with Crippen LogP contribution < -0.4 is 20.6 Å². The molecule has 0 aromatic heterocycles. The zero-order valence-electron chi connectivity index (χ0n) is 35.3. The fraction of sp³-hybridized carbons (Fsp3) is 0.193. The first-order valence-corrected chi connectivity index (χ1v) is 22.3. The van der Waals surface area contributed by atoms with Crippen LogP contribution in [0, 0.1) is 0 Å². The fourth-order valence-electron chi connectivity index (χ4n) is 10.9. The molecule has 1 aliphatic carbocycles. The van der Waals surface area contributed by atoms with E-state index in [0.717, 1.165) is 12.8 Å². The van der Waals surface area contributed by atoms with Gasteiger partial charge in [-0.1, -0.05) is 168 Å². The summed E-state index contributed by atoms with van der Waals surface area (Å²) in [5.41, 5.74) is 22.2. The highest BCUT2D eigenvalue weighted by Crippen LogP contribution is 2.57. The summed E-state index contributed by atoms with van der Waals surface area (Å²) in [5.74, 6) is 0. The Labute approximate surface area is 356 Å². The van der Waals surface area contributed by atoms with Crippen molar-refractivity contribution in [1.82, 2.24) is 0 Å². The van der Waals surface area contributed by atoms with Gasteiger partial charge in [0.1, 0.15) is 0 Å². The highest BCUT2D eigenvalue weighted by molar-refractivity contribution is 6.94. The number of rotatable bonds is 9. The van der Waals surface area contributed by atoms with Crippen LogP contribution in [0.2, 0.25) is 0 Å². The van der Waals surface area contributed by atoms with Gasteiger partial charge in [0.05, 0.1) is 5.69 Å². The highest BCUT2D eigenvalue weighted by Gasteiger charge is 2.49. The van der Waals surface area contributed by atoms with Gasteiger partial charge in [0, 0.05) is 39.3 Å². The van der Waals surface area contributed by atoms with Crippen molar-refractivity contribution in [3.63, 3.8) is 0 Å². The summed E-state index contributed by atoms with van der Waals surface area (Å²) in [4.78, 5) is 5.37. The number of aryl methyl sites for hydroxylation is 2. The van der Waals surface area contributed by atoms with Crippen LogP contribution in [-0.4, -0.2) is 6.85 Å². The molecule has 292 valence electrons. The van der Waals surface area contributed by atoms with Crippen LogP contribution in [0.5, 0.6) is 0 Å². The van der Waals surface area contributed by atoms with Crippen LogP contribution in [0.4, 0.5) is 28.4 Å². The molecule has 8 aromatic rings. The molecule has 0 saturated carbocycles. The molecule has 2 aliphatic heterocycles. The minimum absolute atomic E-state index is 0.0592. The lowest BCUT2D eigenvalue weighted by Crippen LogP contribution is -2.62. The maximum absolute atomic E-state index is 2.70. The Morgan fingerprint density at radius 3 is 2.02 bits per heavy atom. The molecule has 0 fully saturated rings. The van der Waals surface area contributed by atoms with E-state index in [-0.39, 0.29) is 12.3 Å². The van der Waals surface area contributed by atoms with E-state index in [0.29, 0.717) is 0 Å². The molecule has 0 amide bonds. The summed E-state index contributed by atoms with van der Waals surface area (Å²) in [6, 6.07) is 62.8. The summed E-state index contributed by atoms with van der Waals surface area (Å²) >= 11 is 0. The lowest BCUT2D eigenvalue weighted by atomic mass is 9.42. The average Bonchev–Trinajstić information content (AvgIpc) is 3.53. The summed E-state index contributed by atoms with van der Waals surface area (Å²) in [5, 5.41) is 2.57. The molecule has 3 aliphatic rings. The minimum atomic E-state index is -0.237. The standard InChI is InChI=1S/C57H51BN2/c1-5-7-18-38-28-31-42(32-29-38)60-51-27-17-15-25-46(51)53-43-23-13-12-22-41(43)37-52-55(53)58(60)49-34-33-45-44-24-14-16-26-48(44)57(3,4)54(45)56(49)59(52)50-35-30-39(19-8-6-2)36-47(50)40-20-10-9-11-21-40/h9-17,20-37H,5-8,18-19H2,1-4H3. The van der Waals surface area contributed by atoms with E-state index in [1.165, 1.54) is 131 Å². The van der Waals surface area contributed by atoms with E-state index in [1.54, 1.807) is 0 Å². The first kappa shape index (κ1) is 36.7. The van der Waals surface area contributed by atoms with Crippen molar-refractivity contribution in [1.29, 1.82) is 0 Å². The summed E-state index contributed by atoms with van der Waals surface area (Å²) in [6.45, 7) is 9.41. The van der Waals surface area contributed by atoms with Crippen molar-refractivity contribution in [2.75, 3.05) is 9.71 Å². The third kappa shape index (κ3) is 5.55. The predicted octanol–water partition coefficient (Wildman–Crippen LogP) is 14.2. The molecule has 0 N–H and O–H groups in total. The third-order valence-corrected chi connectivity index (χ3v) is 13.8. The number of para-hydroxylation sites is 1. The quantitative estimate of drug-likeness (QED) is 0.135. The van der Waals surface area contributed by atoms with Crippen molar-refractivity contribution in [2.24, 2.45) is 0 Å². The third-order valence-electron chi connectivity index (χ3n) is 13.8. The van der Waals surface area contributed by atoms with Crippen molar-refractivity contribution < 1.29 is 0 Å². The molecular formula is C57H51BN2. The van der Waals surface area contributed by atoms with E-state index in [9.17, 15) is 0 Å². The molecular weight excluding hydrogens is 723 g/mol. The van der Waals surface area contributed by atoms with Crippen LogP contribution in [0.1, 0.15) is 75.6 Å². The Kier molecular flexibility index (Phi) is 8.85. The summed E-state index contributed by atoms with van der Waals surface area (Å²) in [6.07, 6.45) is 6.93.